The van der Waals surface area contributed by atoms with Gasteiger partial charge < -0.3 is 10.1 Å². The fraction of sp³-hybridized carbons (Fsp3) is 0.350. The average Bonchev–Trinajstić information content (AvgIpc) is 2.55. The number of benzene rings is 2. The summed E-state index contributed by atoms with van der Waals surface area (Å²) in [6.45, 7) is 8.09. The van der Waals surface area contributed by atoms with Crippen molar-refractivity contribution < 1.29 is 9.53 Å². The molecule has 3 nitrogen and oxygen atoms in total. The summed E-state index contributed by atoms with van der Waals surface area (Å²) in [5.74, 6) is 0.638. The molecule has 2 aromatic rings. The average molecular weight is 311 g/mol. The van der Waals surface area contributed by atoms with Crippen molar-refractivity contribution in [2.45, 2.75) is 46.3 Å². The van der Waals surface area contributed by atoms with Gasteiger partial charge in [-0.15, -0.1) is 0 Å². The van der Waals surface area contributed by atoms with Crippen molar-refractivity contribution in [1.29, 1.82) is 0 Å². The molecule has 1 N–H and O–H groups in total. The Morgan fingerprint density at radius 2 is 1.83 bits per heavy atom. The Balaban J connectivity index is 2.05. The number of amides is 1. The third-order valence-electron chi connectivity index (χ3n) is 3.94. The topological polar surface area (TPSA) is 38.3 Å². The van der Waals surface area contributed by atoms with Crippen LogP contribution in [0.5, 0.6) is 5.75 Å². The molecule has 0 radical (unpaired) electrons. The lowest BCUT2D eigenvalue weighted by Crippen LogP contribution is -2.39. The molecule has 2 unspecified atom stereocenters. The molecule has 1 amide bonds. The minimum Gasteiger partial charge on any atom is -0.481 e. The number of rotatable bonds is 6. The van der Waals surface area contributed by atoms with E-state index in [9.17, 15) is 4.79 Å². The maximum Gasteiger partial charge on any atom is 0.261 e. The molecule has 0 aliphatic carbocycles. The molecule has 0 heterocycles. The second-order valence-electron chi connectivity index (χ2n) is 5.92. The quantitative estimate of drug-likeness (QED) is 0.862. The fourth-order valence-electron chi connectivity index (χ4n) is 2.60. The number of hydrogen-bond donors (Lipinski definition) is 1. The van der Waals surface area contributed by atoms with E-state index in [1.54, 1.807) is 0 Å². The number of hydrogen-bond acceptors (Lipinski definition) is 2. The van der Waals surface area contributed by atoms with E-state index in [0.717, 1.165) is 5.56 Å². The van der Waals surface area contributed by atoms with Crippen LogP contribution in [0.4, 0.5) is 0 Å². The van der Waals surface area contributed by atoms with Gasteiger partial charge in [-0.2, -0.15) is 0 Å². The lowest BCUT2D eigenvalue weighted by molar-refractivity contribution is -0.128. The van der Waals surface area contributed by atoms with Gasteiger partial charge in [0.2, 0.25) is 0 Å². The van der Waals surface area contributed by atoms with Gasteiger partial charge in [0.05, 0.1) is 6.04 Å². The van der Waals surface area contributed by atoms with Crippen LogP contribution in [-0.4, -0.2) is 12.0 Å². The molecule has 23 heavy (non-hydrogen) atoms. The molecular weight excluding hydrogens is 286 g/mol. The zero-order chi connectivity index (χ0) is 16.8. The molecule has 0 fully saturated rings. The van der Waals surface area contributed by atoms with Gasteiger partial charge in [-0.25, -0.2) is 0 Å². The third kappa shape index (κ3) is 4.59. The van der Waals surface area contributed by atoms with Gasteiger partial charge >= 0.3 is 0 Å². The van der Waals surface area contributed by atoms with E-state index in [1.807, 2.05) is 44.2 Å². The van der Waals surface area contributed by atoms with Crippen molar-refractivity contribution in [1.82, 2.24) is 5.32 Å². The van der Waals surface area contributed by atoms with Crippen molar-refractivity contribution in [2.75, 3.05) is 0 Å². The molecule has 0 aliphatic heterocycles. The molecule has 0 spiro atoms. The molecule has 122 valence electrons. The lowest BCUT2D eigenvalue weighted by Gasteiger charge is -2.22. The molecule has 0 bridgehead atoms. The first kappa shape index (κ1) is 17.1. The zero-order valence-corrected chi connectivity index (χ0v) is 14.3. The Morgan fingerprint density at radius 1 is 1.13 bits per heavy atom. The number of ether oxygens (including phenoxy) is 1. The van der Waals surface area contributed by atoms with Gasteiger partial charge in [-0.1, -0.05) is 48.9 Å². The van der Waals surface area contributed by atoms with Crippen LogP contribution >= 0.6 is 0 Å². The van der Waals surface area contributed by atoms with Crippen LogP contribution in [0.2, 0.25) is 0 Å². The SMILES string of the molecule is CCC(Oc1ccccc1)C(=O)NC(C)c1cc(C)ccc1C. The molecule has 2 aromatic carbocycles. The van der Waals surface area contributed by atoms with E-state index >= 15 is 0 Å². The molecule has 0 aliphatic rings. The Kier molecular flexibility index (Phi) is 5.80. The Bertz CT molecular complexity index is 652. The van der Waals surface area contributed by atoms with Gasteiger partial charge in [0.25, 0.3) is 5.91 Å². The summed E-state index contributed by atoms with van der Waals surface area (Å²) >= 11 is 0. The van der Waals surface area contributed by atoms with Crippen LogP contribution in [0.1, 0.15) is 43.0 Å². The molecule has 2 rings (SSSR count). The van der Waals surface area contributed by atoms with Crippen molar-refractivity contribution in [3.63, 3.8) is 0 Å². The predicted octanol–water partition coefficient (Wildman–Crippen LogP) is 4.34. The number of carbonyl (C=O) groups is 1. The summed E-state index contributed by atoms with van der Waals surface area (Å²) in [5, 5.41) is 3.07. The highest BCUT2D eigenvalue weighted by atomic mass is 16.5. The first-order valence-corrected chi connectivity index (χ1v) is 8.10. The predicted molar refractivity (Wildman–Crippen MR) is 93.6 cm³/mol. The molecule has 0 saturated carbocycles. The summed E-state index contributed by atoms with van der Waals surface area (Å²) in [4.78, 5) is 12.5. The third-order valence-corrected chi connectivity index (χ3v) is 3.94. The minimum absolute atomic E-state index is 0.0455. The maximum atomic E-state index is 12.5. The van der Waals surface area contributed by atoms with E-state index in [2.05, 4.69) is 37.4 Å². The van der Waals surface area contributed by atoms with Crippen molar-refractivity contribution in [3.05, 3.63) is 65.2 Å². The Hall–Kier alpha value is -2.29. The first-order chi connectivity index (χ1) is 11.0. The van der Waals surface area contributed by atoms with Crippen molar-refractivity contribution in [3.8, 4) is 5.75 Å². The van der Waals surface area contributed by atoms with E-state index in [1.165, 1.54) is 11.1 Å². The van der Waals surface area contributed by atoms with Crippen LogP contribution in [0.25, 0.3) is 0 Å². The molecule has 3 heteroatoms. The van der Waals surface area contributed by atoms with E-state index in [4.69, 9.17) is 4.74 Å². The molecular formula is C20H25NO2. The standard InChI is InChI=1S/C20H25NO2/c1-5-19(23-17-9-7-6-8-10-17)20(22)21-16(4)18-13-14(2)11-12-15(18)3/h6-13,16,19H,5H2,1-4H3,(H,21,22). The molecule has 0 saturated heterocycles. The van der Waals surface area contributed by atoms with Gasteiger partial charge in [0.1, 0.15) is 5.75 Å². The summed E-state index contributed by atoms with van der Waals surface area (Å²) in [6, 6.07) is 15.7. The summed E-state index contributed by atoms with van der Waals surface area (Å²) in [5.41, 5.74) is 3.52. The van der Waals surface area contributed by atoms with Gasteiger partial charge in [-0.05, 0) is 50.5 Å². The van der Waals surface area contributed by atoms with Crippen LogP contribution in [0.3, 0.4) is 0 Å². The zero-order valence-electron chi connectivity index (χ0n) is 14.3. The Labute approximate surface area is 138 Å². The highest BCUT2D eigenvalue weighted by molar-refractivity contribution is 5.81. The summed E-state index contributed by atoms with van der Waals surface area (Å²) in [7, 11) is 0. The maximum absolute atomic E-state index is 12.5. The Morgan fingerprint density at radius 3 is 2.48 bits per heavy atom. The number of carbonyl (C=O) groups excluding carboxylic acids is 1. The number of para-hydroxylation sites is 1. The van der Waals surface area contributed by atoms with Crippen LogP contribution < -0.4 is 10.1 Å². The highest BCUT2D eigenvalue weighted by Gasteiger charge is 2.21. The van der Waals surface area contributed by atoms with Crippen molar-refractivity contribution in [2.24, 2.45) is 0 Å². The largest absolute Gasteiger partial charge is 0.481 e. The fourth-order valence-corrected chi connectivity index (χ4v) is 2.60. The second-order valence-corrected chi connectivity index (χ2v) is 5.92. The summed E-state index contributed by atoms with van der Waals surface area (Å²) in [6.07, 6.45) is 0.144. The normalized spacial score (nSPS) is 13.2. The van der Waals surface area contributed by atoms with Gasteiger partial charge in [0.15, 0.2) is 6.10 Å². The summed E-state index contributed by atoms with van der Waals surface area (Å²) < 4.78 is 5.80. The number of nitrogens with one attached hydrogen (secondary N) is 1. The van der Waals surface area contributed by atoms with Gasteiger partial charge in [-0.3, -0.25) is 4.79 Å². The van der Waals surface area contributed by atoms with Crippen LogP contribution in [-0.2, 0) is 4.79 Å². The highest BCUT2D eigenvalue weighted by Crippen LogP contribution is 2.20. The van der Waals surface area contributed by atoms with Gasteiger partial charge in [0, 0.05) is 0 Å². The molecule has 2 atom stereocenters. The van der Waals surface area contributed by atoms with Crippen molar-refractivity contribution >= 4 is 5.91 Å². The monoisotopic (exact) mass is 311 g/mol. The van der Waals surface area contributed by atoms with E-state index < -0.39 is 6.10 Å². The van der Waals surface area contributed by atoms with E-state index in [-0.39, 0.29) is 11.9 Å². The molecule has 0 aromatic heterocycles. The van der Waals surface area contributed by atoms with Crippen LogP contribution in [0.15, 0.2) is 48.5 Å². The van der Waals surface area contributed by atoms with Crippen LogP contribution in [0, 0.1) is 13.8 Å². The second kappa shape index (κ2) is 7.82. The lowest BCUT2D eigenvalue weighted by atomic mass is 10.00. The number of aryl methyl sites for hydroxylation is 2. The minimum atomic E-state index is -0.482. The first-order valence-electron chi connectivity index (χ1n) is 8.10. The smallest absolute Gasteiger partial charge is 0.261 e. The van der Waals surface area contributed by atoms with E-state index in [0.29, 0.717) is 12.2 Å².